The fraction of sp³-hybridized carbons (Fsp3) is 1.00. The Kier molecular flexibility index (Phi) is 7.85. The van der Waals surface area contributed by atoms with Crippen molar-refractivity contribution >= 4 is 0 Å². The second kappa shape index (κ2) is 7.96. The molecule has 4 heteroatoms. The van der Waals surface area contributed by atoms with Crippen molar-refractivity contribution in [3.63, 3.8) is 0 Å². The summed E-state index contributed by atoms with van der Waals surface area (Å²) in [6, 6.07) is -0.202. The van der Waals surface area contributed by atoms with Crippen molar-refractivity contribution in [2.75, 3.05) is 26.2 Å². The van der Waals surface area contributed by atoms with Crippen LogP contribution >= 0.6 is 0 Å². The Balaban J connectivity index is 0.00000106. The van der Waals surface area contributed by atoms with Gasteiger partial charge in [-0.25, -0.2) is 8.78 Å². The van der Waals surface area contributed by atoms with Gasteiger partial charge in [-0.2, -0.15) is 0 Å². The zero-order chi connectivity index (χ0) is 12.7. The van der Waals surface area contributed by atoms with Gasteiger partial charge >= 0.3 is 0 Å². The Morgan fingerprint density at radius 1 is 1.19 bits per heavy atom. The van der Waals surface area contributed by atoms with E-state index in [-0.39, 0.29) is 0 Å². The first-order valence-corrected chi connectivity index (χ1v) is 6.32. The number of hydrogen-bond donors (Lipinski definition) is 0. The highest BCUT2D eigenvalue weighted by atomic mass is 19.3. The Morgan fingerprint density at radius 3 is 2.12 bits per heavy atom. The molecule has 0 aromatic heterocycles. The van der Waals surface area contributed by atoms with Gasteiger partial charge in [-0.3, -0.25) is 9.80 Å². The van der Waals surface area contributed by atoms with Crippen molar-refractivity contribution in [3.05, 3.63) is 0 Å². The molecule has 0 aromatic carbocycles. The quantitative estimate of drug-likeness (QED) is 0.743. The molecule has 1 heterocycles. The standard InChI is InChI=1S/C10H20F2N2.C2H6/c1-4-13-5-6-14(8(2)3)7-9(13)10(11)12;1-2/h8-10H,4-7H2,1-3H3;1-2H3/t9-;/m1./s1. The van der Waals surface area contributed by atoms with Gasteiger partial charge in [-0.1, -0.05) is 20.8 Å². The van der Waals surface area contributed by atoms with Crippen molar-refractivity contribution < 1.29 is 8.78 Å². The van der Waals surface area contributed by atoms with Crippen molar-refractivity contribution in [1.82, 2.24) is 9.80 Å². The summed E-state index contributed by atoms with van der Waals surface area (Å²) in [5.74, 6) is 0. The van der Waals surface area contributed by atoms with Gasteiger partial charge < -0.3 is 0 Å². The lowest BCUT2D eigenvalue weighted by Crippen LogP contribution is -2.57. The third-order valence-electron chi connectivity index (χ3n) is 2.99. The second-order valence-corrected chi connectivity index (χ2v) is 4.12. The number of nitrogens with zero attached hydrogens (tertiary/aromatic N) is 2. The highest BCUT2D eigenvalue weighted by Gasteiger charge is 2.33. The third-order valence-corrected chi connectivity index (χ3v) is 2.99. The molecule has 1 rings (SSSR count). The third kappa shape index (κ3) is 4.34. The zero-order valence-electron chi connectivity index (χ0n) is 11.2. The minimum Gasteiger partial charge on any atom is -0.298 e. The predicted molar refractivity (Wildman–Crippen MR) is 65.1 cm³/mol. The van der Waals surface area contributed by atoms with E-state index in [0.29, 0.717) is 12.6 Å². The molecule has 0 aliphatic carbocycles. The van der Waals surface area contributed by atoms with Crippen LogP contribution in [0, 0.1) is 0 Å². The molecule has 1 fully saturated rings. The molecule has 1 aliphatic rings. The summed E-state index contributed by atoms with van der Waals surface area (Å²) >= 11 is 0. The number of piperazine rings is 1. The lowest BCUT2D eigenvalue weighted by atomic mass is 10.1. The molecule has 0 N–H and O–H groups in total. The summed E-state index contributed by atoms with van der Waals surface area (Å²) in [5.41, 5.74) is 0. The van der Waals surface area contributed by atoms with E-state index in [2.05, 4.69) is 18.7 Å². The Labute approximate surface area is 98.6 Å². The van der Waals surface area contributed by atoms with Gasteiger partial charge in [-0.05, 0) is 20.4 Å². The molecule has 0 amide bonds. The molecule has 1 atom stereocenters. The summed E-state index contributed by atoms with van der Waals surface area (Å²) in [6.07, 6.45) is -2.23. The van der Waals surface area contributed by atoms with Crippen molar-refractivity contribution in [2.24, 2.45) is 0 Å². The molecule has 1 aliphatic heterocycles. The van der Waals surface area contributed by atoms with Crippen LogP contribution in [0.25, 0.3) is 0 Å². The second-order valence-electron chi connectivity index (χ2n) is 4.12. The maximum atomic E-state index is 12.7. The van der Waals surface area contributed by atoms with Crippen molar-refractivity contribution in [3.8, 4) is 0 Å². The first kappa shape index (κ1) is 15.8. The predicted octanol–water partition coefficient (Wildman–Crippen LogP) is 2.69. The largest absolute Gasteiger partial charge is 0.298 e. The fourth-order valence-corrected chi connectivity index (χ4v) is 1.97. The molecule has 0 unspecified atom stereocenters. The van der Waals surface area contributed by atoms with Gasteiger partial charge in [0.1, 0.15) is 0 Å². The van der Waals surface area contributed by atoms with Crippen LogP contribution in [0.3, 0.4) is 0 Å². The van der Waals surface area contributed by atoms with Crippen LogP contribution < -0.4 is 0 Å². The summed E-state index contributed by atoms with van der Waals surface area (Å²) in [7, 11) is 0. The van der Waals surface area contributed by atoms with Crippen LogP contribution in [0.2, 0.25) is 0 Å². The monoisotopic (exact) mass is 236 g/mol. The molecule has 0 bridgehead atoms. The molecule has 98 valence electrons. The molecule has 0 spiro atoms. The van der Waals surface area contributed by atoms with Gasteiger partial charge in [0.2, 0.25) is 0 Å². The normalized spacial score (nSPS) is 23.4. The number of hydrogen-bond acceptors (Lipinski definition) is 2. The van der Waals surface area contributed by atoms with Gasteiger partial charge in [-0.15, -0.1) is 0 Å². The van der Waals surface area contributed by atoms with E-state index >= 15 is 0 Å². The first-order valence-electron chi connectivity index (χ1n) is 6.32. The topological polar surface area (TPSA) is 6.48 Å². The van der Waals surface area contributed by atoms with Crippen LogP contribution in [0.15, 0.2) is 0 Å². The number of rotatable bonds is 3. The van der Waals surface area contributed by atoms with E-state index in [0.717, 1.165) is 19.6 Å². The molecule has 0 aromatic rings. The smallest absolute Gasteiger partial charge is 0.255 e. The Bertz CT molecular complexity index is 174. The molecular weight excluding hydrogens is 210 g/mol. The van der Waals surface area contributed by atoms with Gasteiger partial charge in [0.25, 0.3) is 6.43 Å². The number of halogens is 2. The Morgan fingerprint density at radius 2 is 1.75 bits per heavy atom. The lowest BCUT2D eigenvalue weighted by molar-refractivity contribution is -0.0289. The zero-order valence-corrected chi connectivity index (χ0v) is 11.2. The molecule has 2 nitrogen and oxygen atoms in total. The molecule has 0 radical (unpaired) electrons. The van der Waals surface area contributed by atoms with E-state index in [1.807, 2.05) is 25.7 Å². The maximum Gasteiger partial charge on any atom is 0.255 e. The van der Waals surface area contributed by atoms with Crippen molar-refractivity contribution in [2.45, 2.75) is 53.1 Å². The maximum absolute atomic E-state index is 12.7. The van der Waals surface area contributed by atoms with Gasteiger partial charge in [0, 0.05) is 25.7 Å². The van der Waals surface area contributed by atoms with E-state index in [9.17, 15) is 8.78 Å². The summed E-state index contributed by atoms with van der Waals surface area (Å²) in [4.78, 5) is 4.01. The van der Waals surface area contributed by atoms with Crippen molar-refractivity contribution in [1.29, 1.82) is 0 Å². The summed E-state index contributed by atoms with van der Waals surface area (Å²) < 4.78 is 25.5. The van der Waals surface area contributed by atoms with E-state index < -0.39 is 12.5 Å². The van der Waals surface area contributed by atoms with E-state index in [4.69, 9.17) is 0 Å². The van der Waals surface area contributed by atoms with E-state index in [1.54, 1.807) is 0 Å². The number of likely N-dealkylation sites (N-methyl/N-ethyl adjacent to an activating group) is 1. The number of alkyl halides is 2. The summed E-state index contributed by atoms with van der Waals surface area (Å²) in [5, 5.41) is 0. The van der Waals surface area contributed by atoms with Crippen LogP contribution in [-0.2, 0) is 0 Å². The Hall–Kier alpha value is -0.220. The van der Waals surface area contributed by atoms with Gasteiger partial charge in [0.05, 0.1) is 6.04 Å². The van der Waals surface area contributed by atoms with Crippen LogP contribution in [0.4, 0.5) is 8.78 Å². The minimum atomic E-state index is -2.23. The molecule has 0 saturated carbocycles. The van der Waals surface area contributed by atoms with Gasteiger partial charge in [0.15, 0.2) is 0 Å². The SMILES string of the molecule is CC.CCN1CCN(C(C)C)C[C@@H]1C(F)F. The molecule has 1 saturated heterocycles. The van der Waals surface area contributed by atoms with Crippen LogP contribution in [0.1, 0.15) is 34.6 Å². The average Bonchev–Trinajstić information content (AvgIpc) is 2.30. The fourth-order valence-electron chi connectivity index (χ4n) is 1.97. The highest BCUT2D eigenvalue weighted by molar-refractivity contribution is 4.84. The highest BCUT2D eigenvalue weighted by Crippen LogP contribution is 2.17. The van der Waals surface area contributed by atoms with Crippen LogP contribution in [0.5, 0.6) is 0 Å². The minimum absolute atomic E-state index is 0.371. The van der Waals surface area contributed by atoms with Crippen LogP contribution in [-0.4, -0.2) is 54.5 Å². The average molecular weight is 236 g/mol. The van der Waals surface area contributed by atoms with E-state index in [1.165, 1.54) is 0 Å². The molecule has 16 heavy (non-hydrogen) atoms. The lowest BCUT2D eigenvalue weighted by Gasteiger charge is -2.42. The molecular formula is C12H26F2N2. The summed E-state index contributed by atoms with van der Waals surface area (Å²) in [6.45, 7) is 13.0. The first-order chi connectivity index (χ1) is 7.56.